The summed E-state index contributed by atoms with van der Waals surface area (Å²) in [7, 11) is -3.71. The predicted molar refractivity (Wildman–Crippen MR) is 67.2 cm³/mol. The van der Waals surface area contributed by atoms with Gasteiger partial charge in [0.15, 0.2) is 0 Å². The quantitative estimate of drug-likeness (QED) is 0.663. The standard InChI is InChI=1S/C11H15N3O3S/c12-8-3-1-4-9(7-8)18(16,17)14-10-5-2-6-13-11(10)15/h1,3-4,7,10,14H,2,5-6,12H2,(H,13,15). The summed E-state index contributed by atoms with van der Waals surface area (Å²) in [6.45, 7) is 0.593. The van der Waals surface area contributed by atoms with Gasteiger partial charge < -0.3 is 11.1 Å². The van der Waals surface area contributed by atoms with Gasteiger partial charge in [-0.2, -0.15) is 4.72 Å². The predicted octanol–water partition coefficient (Wildman–Crippen LogP) is -0.174. The van der Waals surface area contributed by atoms with Gasteiger partial charge in [-0.15, -0.1) is 0 Å². The number of hydrogen-bond acceptors (Lipinski definition) is 4. The van der Waals surface area contributed by atoms with E-state index in [0.29, 0.717) is 18.7 Å². The Kier molecular flexibility index (Phi) is 3.53. The van der Waals surface area contributed by atoms with Crippen molar-refractivity contribution >= 4 is 21.6 Å². The van der Waals surface area contributed by atoms with Crippen molar-refractivity contribution < 1.29 is 13.2 Å². The van der Waals surface area contributed by atoms with Gasteiger partial charge in [-0.1, -0.05) is 6.07 Å². The molecule has 1 aliphatic heterocycles. The zero-order valence-electron chi connectivity index (χ0n) is 9.72. The second kappa shape index (κ2) is 4.95. The fraction of sp³-hybridized carbons (Fsp3) is 0.364. The Labute approximate surface area is 106 Å². The highest BCUT2D eigenvalue weighted by Gasteiger charge is 2.27. The molecule has 1 fully saturated rings. The summed E-state index contributed by atoms with van der Waals surface area (Å²) in [6, 6.07) is 5.27. The van der Waals surface area contributed by atoms with Gasteiger partial charge in [0.25, 0.3) is 0 Å². The lowest BCUT2D eigenvalue weighted by molar-refractivity contribution is -0.124. The van der Waals surface area contributed by atoms with Crippen LogP contribution in [0.3, 0.4) is 0 Å². The van der Waals surface area contributed by atoms with E-state index in [0.717, 1.165) is 6.42 Å². The first-order valence-electron chi connectivity index (χ1n) is 5.64. The van der Waals surface area contributed by atoms with Crippen molar-refractivity contribution in [2.45, 2.75) is 23.8 Å². The fourth-order valence-corrected chi connectivity index (χ4v) is 3.11. The Balaban J connectivity index is 2.19. The number of nitrogens with one attached hydrogen (secondary N) is 2. The Morgan fingerprint density at radius 2 is 2.17 bits per heavy atom. The van der Waals surface area contributed by atoms with Crippen LogP contribution in [0.2, 0.25) is 0 Å². The molecule has 1 amide bonds. The van der Waals surface area contributed by atoms with Gasteiger partial charge in [0.1, 0.15) is 6.04 Å². The van der Waals surface area contributed by atoms with Crippen LogP contribution in [0, 0.1) is 0 Å². The van der Waals surface area contributed by atoms with Crippen molar-refractivity contribution in [2.24, 2.45) is 0 Å². The number of amides is 1. The van der Waals surface area contributed by atoms with E-state index in [4.69, 9.17) is 5.73 Å². The normalized spacial score (nSPS) is 20.4. The van der Waals surface area contributed by atoms with E-state index in [2.05, 4.69) is 10.0 Å². The third-order valence-electron chi connectivity index (χ3n) is 2.75. The molecule has 0 aromatic heterocycles. The van der Waals surface area contributed by atoms with Crippen molar-refractivity contribution in [3.05, 3.63) is 24.3 Å². The molecule has 1 aromatic rings. The fourth-order valence-electron chi connectivity index (χ4n) is 1.82. The average molecular weight is 269 g/mol. The van der Waals surface area contributed by atoms with E-state index in [-0.39, 0.29) is 10.8 Å². The number of anilines is 1. The van der Waals surface area contributed by atoms with Crippen molar-refractivity contribution in [1.82, 2.24) is 10.0 Å². The molecule has 4 N–H and O–H groups in total. The molecule has 1 heterocycles. The van der Waals surface area contributed by atoms with Crippen LogP contribution in [0.1, 0.15) is 12.8 Å². The topological polar surface area (TPSA) is 101 Å². The minimum atomic E-state index is -3.71. The highest BCUT2D eigenvalue weighted by molar-refractivity contribution is 7.89. The highest BCUT2D eigenvalue weighted by atomic mass is 32.2. The summed E-state index contributed by atoms with van der Waals surface area (Å²) < 4.78 is 26.5. The Morgan fingerprint density at radius 1 is 1.39 bits per heavy atom. The lowest BCUT2D eigenvalue weighted by atomic mass is 10.1. The van der Waals surface area contributed by atoms with Gasteiger partial charge in [0, 0.05) is 12.2 Å². The van der Waals surface area contributed by atoms with Crippen LogP contribution < -0.4 is 15.8 Å². The van der Waals surface area contributed by atoms with Gasteiger partial charge in [0.2, 0.25) is 15.9 Å². The molecule has 6 nitrogen and oxygen atoms in total. The molecular formula is C11H15N3O3S. The minimum Gasteiger partial charge on any atom is -0.399 e. The van der Waals surface area contributed by atoms with E-state index in [1.165, 1.54) is 12.1 Å². The molecular weight excluding hydrogens is 254 g/mol. The number of piperidine rings is 1. The summed E-state index contributed by atoms with van der Waals surface area (Å²) >= 11 is 0. The SMILES string of the molecule is Nc1cccc(S(=O)(=O)NC2CCCNC2=O)c1. The highest BCUT2D eigenvalue weighted by Crippen LogP contribution is 2.14. The average Bonchev–Trinajstić information content (AvgIpc) is 2.32. The van der Waals surface area contributed by atoms with Gasteiger partial charge in [0.05, 0.1) is 4.90 Å². The second-order valence-corrected chi connectivity index (χ2v) is 5.89. The zero-order chi connectivity index (χ0) is 13.2. The Morgan fingerprint density at radius 3 is 2.83 bits per heavy atom. The van der Waals surface area contributed by atoms with Crippen molar-refractivity contribution in [2.75, 3.05) is 12.3 Å². The number of sulfonamides is 1. The maximum absolute atomic E-state index is 12.1. The maximum Gasteiger partial charge on any atom is 0.241 e. The number of benzene rings is 1. The molecule has 1 unspecified atom stereocenters. The number of carbonyl (C=O) groups is 1. The summed E-state index contributed by atoms with van der Waals surface area (Å²) in [4.78, 5) is 11.6. The Bertz CT molecular complexity index is 556. The van der Waals surface area contributed by atoms with Crippen LogP contribution in [-0.4, -0.2) is 26.9 Å². The van der Waals surface area contributed by atoms with Crippen LogP contribution in [0.25, 0.3) is 0 Å². The lowest BCUT2D eigenvalue weighted by Crippen LogP contribution is -2.50. The minimum absolute atomic E-state index is 0.0703. The smallest absolute Gasteiger partial charge is 0.241 e. The molecule has 0 aliphatic carbocycles. The van der Waals surface area contributed by atoms with Crippen LogP contribution in [-0.2, 0) is 14.8 Å². The van der Waals surface area contributed by atoms with Gasteiger partial charge in [-0.3, -0.25) is 4.79 Å². The zero-order valence-corrected chi connectivity index (χ0v) is 10.5. The van der Waals surface area contributed by atoms with E-state index >= 15 is 0 Å². The van der Waals surface area contributed by atoms with Crippen LogP contribution in [0.15, 0.2) is 29.2 Å². The van der Waals surface area contributed by atoms with Crippen molar-refractivity contribution in [1.29, 1.82) is 0 Å². The first-order valence-corrected chi connectivity index (χ1v) is 7.13. The number of nitrogens with two attached hydrogens (primary N) is 1. The number of rotatable bonds is 3. The van der Waals surface area contributed by atoms with E-state index in [1.54, 1.807) is 12.1 Å². The van der Waals surface area contributed by atoms with Crippen LogP contribution >= 0.6 is 0 Å². The molecule has 0 radical (unpaired) electrons. The summed E-state index contributed by atoms with van der Waals surface area (Å²) in [5, 5.41) is 2.63. The monoisotopic (exact) mass is 269 g/mol. The first-order chi connectivity index (χ1) is 8.49. The molecule has 1 aliphatic rings. The molecule has 1 aromatic carbocycles. The van der Waals surface area contributed by atoms with Gasteiger partial charge in [-0.05, 0) is 31.0 Å². The number of carbonyl (C=O) groups excluding carboxylic acids is 1. The van der Waals surface area contributed by atoms with Crippen LogP contribution in [0.4, 0.5) is 5.69 Å². The third-order valence-corrected chi connectivity index (χ3v) is 4.22. The molecule has 7 heteroatoms. The second-order valence-electron chi connectivity index (χ2n) is 4.18. The molecule has 0 saturated carbocycles. The van der Waals surface area contributed by atoms with Crippen molar-refractivity contribution in [3.8, 4) is 0 Å². The number of nitrogen functional groups attached to an aromatic ring is 1. The molecule has 0 spiro atoms. The Hall–Kier alpha value is -1.60. The molecule has 18 heavy (non-hydrogen) atoms. The van der Waals surface area contributed by atoms with Crippen molar-refractivity contribution in [3.63, 3.8) is 0 Å². The summed E-state index contributed by atoms with van der Waals surface area (Å²) in [5.74, 6) is -0.284. The van der Waals surface area contributed by atoms with Crippen LogP contribution in [0.5, 0.6) is 0 Å². The largest absolute Gasteiger partial charge is 0.399 e. The molecule has 1 saturated heterocycles. The van der Waals surface area contributed by atoms with Gasteiger partial charge in [-0.25, -0.2) is 8.42 Å². The van der Waals surface area contributed by atoms with E-state index in [1.807, 2.05) is 0 Å². The first kappa shape index (κ1) is 12.8. The lowest BCUT2D eigenvalue weighted by Gasteiger charge is -2.22. The molecule has 98 valence electrons. The number of hydrogen-bond donors (Lipinski definition) is 3. The summed E-state index contributed by atoms with van der Waals surface area (Å²) in [5.41, 5.74) is 5.91. The van der Waals surface area contributed by atoms with E-state index < -0.39 is 16.1 Å². The molecule has 1 atom stereocenters. The molecule has 0 bridgehead atoms. The van der Waals surface area contributed by atoms with Gasteiger partial charge >= 0.3 is 0 Å². The molecule has 2 rings (SSSR count). The maximum atomic E-state index is 12.1. The van der Waals surface area contributed by atoms with E-state index in [9.17, 15) is 13.2 Å². The summed E-state index contributed by atoms with van der Waals surface area (Å²) in [6.07, 6.45) is 1.27. The third kappa shape index (κ3) is 2.80.